The number of aromatic carboxylic acids is 1. The van der Waals surface area contributed by atoms with E-state index >= 15 is 0 Å². The fourth-order valence-electron chi connectivity index (χ4n) is 3.84. The van der Waals surface area contributed by atoms with E-state index in [0.29, 0.717) is 49.9 Å². The molecule has 36 heavy (non-hydrogen) atoms. The summed E-state index contributed by atoms with van der Waals surface area (Å²) in [6.07, 6.45) is 0. The number of rotatable bonds is 8. The first kappa shape index (κ1) is 25.0. The van der Waals surface area contributed by atoms with Crippen molar-refractivity contribution in [3.63, 3.8) is 0 Å². The van der Waals surface area contributed by atoms with Gasteiger partial charge in [-0.3, -0.25) is 0 Å². The fourth-order valence-corrected chi connectivity index (χ4v) is 4.01. The lowest BCUT2D eigenvalue weighted by molar-refractivity contribution is 0.0697. The van der Waals surface area contributed by atoms with E-state index in [1.165, 1.54) is 18.2 Å². The first-order valence-electron chi connectivity index (χ1n) is 11.0. The number of carboxylic acid groups (broad SMARTS) is 1. The first-order chi connectivity index (χ1) is 17.3. The van der Waals surface area contributed by atoms with Crippen LogP contribution in [0.5, 0.6) is 0 Å². The number of aromatic nitrogens is 2. The number of nitrogens with one attached hydrogen (secondary N) is 1. The molecule has 0 fully saturated rings. The van der Waals surface area contributed by atoms with Gasteiger partial charge in [-0.15, -0.1) is 0 Å². The molecule has 6 N–H and O–H groups in total. The maximum Gasteiger partial charge on any atom is 0.335 e. The first-order valence-corrected chi connectivity index (χ1v) is 11.3. The van der Waals surface area contributed by atoms with Crippen LogP contribution in [0.2, 0.25) is 5.02 Å². The van der Waals surface area contributed by atoms with Gasteiger partial charge in [0.05, 0.1) is 17.0 Å². The molecule has 0 amide bonds. The summed E-state index contributed by atoms with van der Waals surface area (Å²) in [6.45, 7) is 4.35. The van der Waals surface area contributed by atoms with E-state index in [1.54, 1.807) is 48.5 Å². The van der Waals surface area contributed by atoms with Gasteiger partial charge in [0.1, 0.15) is 5.82 Å². The number of carbonyl (C=O) groups is 1. The number of hydrogen-bond acceptors (Lipinski definition) is 6. The van der Waals surface area contributed by atoms with Crippen LogP contribution in [0.3, 0.4) is 0 Å². The number of nitrogens with zero attached hydrogens (tertiary/aromatic N) is 2. The van der Waals surface area contributed by atoms with E-state index in [-0.39, 0.29) is 24.6 Å². The monoisotopic (exact) mass is 503 g/mol. The maximum absolute atomic E-state index is 14.6. The van der Waals surface area contributed by atoms with E-state index in [4.69, 9.17) is 33.2 Å². The largest absolute Gasteiger partial charge is 0.478 e. The van der Waals surface area contributed by atoms with Gasteiger partial charge < -0.3 is 21.9 Å². The molecule has 7 nitrogen and oxygen atoms in total. The summed E-state index contributed by atoms with van der Waals surface area (Å²) in [7, 11) is 0. The highest BCUT2D eigenvalue weighted by molar-refractivity contribution is 6.31. The molecule has 0 unspecified atom stereocenters. The van der Waals surface area contributed by atoms with Crippen LogP contribution in [0.25, 0.3) is 16.8 Å². The molecule has 4 rings (SSSR count). The Balaban J connectivity index is 1.85. The van der Waals surface area contributed by atoms with Gasteiger partial charge in [0.2, 0.25) is 5.95 Å². The van der Waals surface area contributed by atoms with Gasteiger partial charge in [-0.25, -0.2) is 19.2 Å². The highest BCUT2D eigenvalue weighted by atomic mass is 35.5. The van der Waals surface area contributed by atoms with Crippen molar-refractivity contribution < 1.29 is 14.3 Å². The molecule has 1 heterocycles. The van der Waals surface area contributed by atoms with E-state index in [0.717, 1.165) is 0 Å². The smallest absolute Gasteiger partial charge is 0.335 e. The van der Waals surface area contributed by atoms with Gasteiger partial charge in [-0.1, -0.05) is 42.4 Å². The highest BCUT2D eigenvalue weighted by Gasteiger charge is 2.20. The van der Waals surface area contributed by atoms with Crippen LogP contribution in [0.1, 0.15) is 32.7 Å². The molecule has 182 valence electrons. The third-order valence-electron chi connectivity index (χ3n) is 5.64. The highest BCUT2D eigenvalue weighted by Crippen LogP contribution is 2.36. The molecule has 0 spiro atoms. The zero-order chi connectivity index (χ0) is 25.8. The number of hydrogen-bond donors (Lipinski definition) is 4. The summed E-state index contributed by atoms with van der Waals surface area (Å²) >= 11 is 6.31. The van der Waals surface area contributed by atoms with Crippen LogP contribution in [0.4, 0.5) is 16.0 Å². The zero-order valence-corrected chi connectivity index (χ0v) is 19.9. The van der Waals surface area contributed by atoms with Crippen molar-refractivity contribution in [1.29, 1.82) is 0 Å². The van der Waals surface area contributed by atoms with Crippen molar-refractivity contribution in [3.05, 3.63) is 112 Å². The predicted octanol–water partition coefficient (Wildman–Crippen LogP) is 5.36. The standard InChI is InChI=1S/C27H23ClFN5O2/c1-15(19-4-2-3-5-23(19)29)21-12-17(28)8-11-20(21)25-22(13-30)24(14-31)33-27(34-25)32-18-9-6-16(7-10-18)26(35)36/h2-12H,1,13-14,30-31H2,(H,35,36)(H,32,33,34). The van der Waals surface area contributed by atoms with Gasteiger partial charge in [-0.2, -0.15) is 0 Å². The Morgan fingerprint density at radius 2 is 1.72 bits per heavy atom. The summed E-state index contributed by atoms with van der Waals surface area (Å²) in [4.78, 5) is 20.4. The molecule has 9 heteroatoms. The summed E-state index contributed by atoms with van der Waals surface area (Å²) in [5, 5.41) is 12.7. The number of carboxylic acids is 1. The Labute approximate surface area is 212 Å². The second-order valence-corrected chi connectivity index (χ2v) is 8.32. The van der Waals surface area contributed by atoms with Crippen molar-refractivity contribution in [2.75, 3.05) is 5.32 Å². The Kier molecular flexibility index (Phi) is 7.40. The van der Waals surface area contributed by atoms with Crippen molar-refractivity contribution in [2.24, 2.45) is 11.5 Å². The van der Waals surface area contributed by atoms with E-state index < -0.39 is 11.8 Å². The number of nitrogens with two attached hydrogens (primary N) is 2. The maximum atomic E-state index is 14.6. The van der Waals surface area contributed by atoms with E-state index in [9.17, 15) is 9.18 Å². The van der Waals surface area contributed by atoms with Gasteiger partial charge in [0.15, 0.2) is 0 Å². The third kappa shape index (κ3) is 5.11. The second kappa shape index (κ2) is 10.7. The SMILES string of the molecule is C=C(c1ccccc1F)c1cc(Cl)ccc1-c1nc(Nc2ccc(C(=O)O)cc2)nc(CN)c1CN. The topological polar surface area (TPSA) is 127 Å². The molecule has 0 saturated heterocycles. The minimum Gasteiger partial charge on any atom is -0.478 e. The predicted molar refractivity (Wildman–Crippen MR) is 139 cm³/mol. The molecule has 0 radical (unpaired) electrons. The Morgan fingerprint density at radius 3 is 2.36 bits per heavy atom. The van der Waals surface area contributed by atoms with Crippen LogP contribution in [0, 0.1) is 5.82 Å². The molecule has 0 aliphatic rings. The van der Waals surface area contributed by atoms with Crippen molar-refractivity contribution >= 4 is 34.8 Å². The van der Waals surface area contributed by atoms with E-state index in [1.807, 2.05) is 0 Å². The number of anilines is 2. The summed E-state index contributed by atoms with van der Waals surface area (Å²) in [6, 6.07) is 17.7. The molecular weight excluding hydrogens is 481 g/mol. The molecule has 0 aliphatic heterocycles. The van der Waals surface area contributed by atoms with Gasteiger partial charge in [-0.05, 0) is 53.6 Å². The van der Waals surface area contributed by atoms with Crippen LogP contribution in [-0.4, -0.2) is 21.0 Å². The zero-order valence-electron chi connectivity index (χ0n) is 19.1. The Morgan fingerprint density at radius 1 is 1.00 bits per heavy atom. The van der Waals surface area contributed by atoms with Crippen molar-refractivity contribution in [1.82, 2.24) is 9.97 Å². The minimum atomic E-state index is -1.02. The van der Waals surface area contributed by atoms with Crippen LogP contribution in [-0.2, 0) is 13.1 Å². The van der Waals surface area contributed by atoms with Crippen LogP contribution in [0.15, 0.2) is 73.3 Å². The number of halogens is 2. The molecule has 0 aliphatic carbocycles. The molecular formula is C27H23ClFN5O2. The Bertz CT molecular complexity index is 1460. The molecule has 1 aromatic heterocycles. The van der Waals surface area contributed by atoms with E-state index in [2.05, 4.69) is 16.9 Å². The lowest BCUT2D eigenvalue weighted by Gasteiger charge is -2.18. The average Bonchev–Trinajstić information content (AvgIpc) is 2.88. The molecule has 4 aromatic rings. The molecule has 0 saturated carbocycles. The molecule has 0 bridgehead atoms. The lowest BCUT2D eigenvalue weighted by atomic mass is 9.91. The minimum absolute atomic E-state index is 0.103. The van der Waals surface area contributed by atoms with Gasteiger partial charge in [0, 0.05) is 40.5 Å². The van der Waals surface area contributed by atoms with Gasteiger partial charge >= 0.3 is 5.97 Å². The second-order valence-electron chi connectivity index (χ2n) is 7.89. The third-order valence-corrected chi connectivity index (χ3v) is 5.87. The van der Waals surface area contributed by atoms with Gasteiger partial charge in [0.25, 0.3) is 0 Å². The summed E-state index contributed by atoms with van der Waals surface area (Å²) < 4.78 is 14.6. The summed E-state index contributed by atoms with van der Waals surface area (Å²) in [5.74, 6) is -1.20. The summed E-state index contributed by atoms with van der Waals surface area (Å²) in [5.41, 5.74) is 16.5. The normalized spacial score (nSPS) is 10.8. The van der Waals surface area contributed by atoms with Crippen LogP contribution < -0.4 is 16.8 Å². The fraction of sp³-hybridized carbons (Fsp3) is 0.0741. The number of benzene rings is 3. The quantitative estimate of drug-likeness (QED) is 0.255. The molecule has 3 aromatic carbocycles. The lowest BCUT2D eigenvalue weighted by Crippen LogP contribution is -2.14. The Hall–Kier alpha value is -4.11. The van der Waals surface area contributed by atoms with Crippen molar-refractivity contribution in [2.45, 2.75) is 13.1 Å². The van der Waals surface area contributed by atoms with Crippen molar-refractivity contribution in [3.8, 4) is 11.3 Å². The average molecular weight is 504 g/mol. The van der Waals surface area contributed by atoms with Crippen LogP contribution >= 0.6 is 11.6 Å². The molecule has 0 atom stereocenters.